The quantitative estimate of drug-likeness (QED) is 0.716. The molecule has 2 N–H and O–H groups in total. The summed E-state index contributed by atoms with van der Waals surface area (Å²) < 4.78 is 5.26. The number of ether oxygens (including phenoxy) is 1. The smallest absolute Gasteiger partial charge is 0.306 e. The highest BCUT2D eigenvalue weighted by Gasteiger charge is 2.20. The molecule has 3 nitrogen and oxygen atoms in total. The standard InChI is InChI=1S/C12H25NO2/c1-9(2)6-10(8-13)7-11(14)15-12(3,4)5/h9-10H,6-8,13H2,1-5H3/t10-/m1/s1. The van der Waals surface area contributed by atoms with Crippen molar-refractivity contribution >= 4 is 5.97 Å². The molecule has 0 aliphatic carbocycles. The lowest BCUT2D eigenvalue weighted by Crippen LogP contribution is -2.27. The second-order valence-corrected chi connectivity index (χ2v) is 5.52. The third-order valence-electron chi connectivity index (χ3n) is 2.01. The summed E-state index contributed by atoms with van der Waals surface area (Å²) in [4.78, 5) is 11.5. The third kappa shape index (κ3) is 8.43. The van der Waals surface area contributed by atoms with E-state index >= 15 is 0 Å². The number of hydrogen-bond acceptors (Lipinski definition) is 3. The minimum absolute atomic E-state index is 0.140. The van der Waals surface area contributed by atoms with Crippen molar-refractivity contribution in [1.29, 1.82) is 0 Å². The van der Waals surface area contributed by atoms with Crippen molar-refractivity contribution in [3.63, 3.8) is 0 Å². The van der Waals surface area contributed by atoms with Crippen LogP contribution in [0.3, 0.4) is 0 Å². The van der Waals surface area contributed by atoms with E-state index in [9.17, 15) is 4.79 Å². The summed E-state index contributed by atoms with van der Waals surface area (Å²) in [6.07, 6.45) is 1.42. The zero-order chi connectivity index (χ0) is 12.1. The first-order valence-electron chi connectivity index (χ1n) is 5.66. The Labute approximate surface area is 93.4 Å². The number of hydrogen-bond donors (Lipinski definition) is 1. The Kier molecular flexibility index (Phi) is 5.88. The summed E-state index contributed by atoms with van der Waals surface area (Å²) >= 11 is 0. The topological polar surface area (TPSA) is 52.3 Å². The Morgan fingerprint density at radius 3 is 2.20 bits per heavy atom. The van der Waals surface area contributed by atoms with Crippen LogP contribution in [0.4, 0.5) is 0 Å². The maximum Gasteiger partial charge on any atom is 0.306 e. The fourth-order valence-electron chi connectivity index (χ4n) is 1.55. The Balaban J connectivity index is 4.02. The van der Waals surface area contributed by atoms with Gasteiger partial charge in [-0.25, -0.2) is 0 Å². The van der Waals surface area contributed by atoms with Crippen LogP contribution in [0.5, 0.6) is 0 Å². The minimum Gasteiger partial charge on any atom is -0.460 e. The lowest BCUT2D eigenvalue weighted by atomic mass is 9.94. The van der Waals surface area contributed by atoms with Gasteiger partial charge in [-0.2, -0.15) is 0 Å². The average molecular weight is 215 g/mol. The number of carbonyl (C=O) groups is 1. The van der Waals surface area contributed by atoms with Crippen molar-refractivity contribution in [2.24, 2.45) is 17.6 Å². The highest BCUT2D eigenvalue weighted by atomic mass is 16.6. The van der Waals surface area contributed by atoms with E-state index in [0.29, 0.717) is 18.9 Å². The monoisotopic (exact) mass is 215 g/mol. The zero-order valence-corrected chi connectivity index (χ0v) is 10.7. The number of rotatable bonds is 5. The predicted octanol–water partition coefficient (Wildman–Crippen LogP) is 2.34. The maximum absolute atomic E-state index is 11.5. The van der Waals surface area contributed by atoms with Crippen LogP contribution in [0.25, 0.3) is 0 Å². The Morgan fingerprint density at radius 2 is 1.87 bits per heavy atom. The van der Waals surface area contributed by atoms with Crippen molar-refractivity contribution in [3.05, 3.63) is 0 Å². The molecule has 15 heavy (non-hydrogen) atoms. The lowest BCUT2D eigenvalue weighted by molar-refractivity contribution is -0.156. The molecule has 0 amide bonds. The first kappa shape index (κ1) is 14.4. The molecule has 0 aliphatic heterocycles. The summed E-state index contributed by atoms with van der Waals surface area (Å²) in [7, 11) is 0. The van der Waals surface area contributed by atoms with E-state index in [-0.39, 0.29) is 11.9 Å². The molecule has 90 valence electrons. The Morgan fingerprint density at radius 1 is 1.33 bits per heavy atom. The predicted molar refractivity (Wildman–Crippen MR) is 62.5 cm³/mol. The van der Waals surface area contributed by atoms with Crippen LogP contribution in [0.2, 0.25) is 0 Å². The average Bonchev–Trinajstić information content (AvgIpc) is 1.98. The second-order valence-electron chi connectivity index (χ2n) is 5.52. The van der Waals surface area contributed by atoms with Crippen LogP contribution in [-0.4, -0.2) is 18.1 Å². The highest BCUT2D eigenvalue weighted by molar-refractivity contribution is 5.70. The molecule has 0 unspecified atom stereocenters. The summed E-state index contributed by atoms with van der Waals surface area (Å²) in [5, 5.41) is 0. The van der Waals surface area contributed by atoms with E-state index in [2.05, 4.69) is 13.8 Å². The molecule has 0 radical (unpaired) electrons. The highest BCUT2D eigenvalue weighted by Crippen LogP contribution is 2.17. The van der Waals surface area contributed by atoms with Gasteiger partial charge in [0.25, 0.3) is 0 Å². The zero-order valence-electron chi connectivity index (χ0n) is 10.7. The first-order valence-corrected chi connectivity index (χ1v) is 5.66. The summed E-state index contributed by atoms with van der Waals surface area (Å²) in [5.41, 5.74) is 5.23. The van der Waals surface area contributed by atoms with Gasteiger partial charge in [-0.1, -0.05) is 13.8 Å². The summed E-state index contributed by atoms with van der Waals surface area (Å²) in [5.74, 6) is 0.680. The van der Waals surface area contributed by atoms with Crippen LogP contribution in [-0.2, 0) is 9.53 Å². The van der Waals surface area contributed by atoms with Gasteiger partial charge in [0.05, 0.1) is 0 Å². The molecule has 0 saturated carbocycles. The van der Waals surface area contributed by atoms with Crippen molar-refractivity contribution in [2.75, 3.05) is 6.54 Å². The minimum atomic E-state index is -0.395. The number of nitrogens with two attached hydrogens (primary N) is 1. The van der Waals surface area contributed by atoms with Crippen molar-refractivity contribution in [1.82, 2.24) is 0 Å². The Hall–Kier alpha value is -0.570. The molecule has 0 bridgehead atoms. The molecule has 0 aromatic heterocycles. The molecule has 0 rings (SSSR count). The van der Waals surface area contributed by atoms with E-state index in [1.807, 2.05) is 20.8 Å². The molecule has 0 saturated heterocycles. The van der Waals surface area contributed by atoms with Gasteiger partial charge in [-0.3, -0.25) is 4.79 Å². The number of esters is 1. The first-order chi connectivity index (χ1) is 6.74. The van der Waals surface area contributed by atoms with Gasteiger partial charge in [-0.15, -0.1) is 0 Å². The van der Waals surface area contributed by atoms with Gasteiger partial charge in [0, 0.05) is 6.42 Å². The van der Waals surface area contributed by atoms with Gasteiger partial charge in [0.15, 0.2) is 0 Å². The van der Waals surface area contributed by atoms with Gasteiger partial charge >= 0.3 is 5.97 Å². The molecular formula is C12H25NO2. The Bertz CT molecular complexity index is 194. The molecule has 0 spiro atoms. The van der Waals surface area contributed by atoms with Crippen LogP contribution in [0.15, 0.2) is 0 Å². The van der Waals surface area contributed by atoms with Gasteiger partial charge in [-0.05, 0) is 45.6 Å². The van der Waals surface area contributed by atoms with Crippen molar-refractivity contribution < 1.29 is 9.53 Å². The van der Waals surface area contributed by atoms with E-state index in [0.717, 1.165) is 6.42 Å². The van der Waals surface area contributed by atoms with Crippen LogP contribution >= 0.6 is 0 Å². The molecule has 0 aromatic rings. The number of carbonyl (C=O) groups excluding carboxylic acids is 1. The van der Waals surface area contributed by atoms with Gasteiger partial charge in [0.1, 0.15) is 5.60 Å². The molecule has 0 aliphatic rings. The van der Waals surface area contributed by atoms with E-state index in [1.165, 1.54) is 0 Å². The third-order valence-corrected chi connectivity index (χ3v) is 2.01. The van der Waals surface area contributed by atoms with Crippen molar-refractivity contribution in [3.8, 4) is 0 Å². The molecule has 1 atom stereocenters. The largest absolute Gasteiger partial charge is 0.460 e. The van der Waals surface area contributed by atoms with Crippen LogP contribution < -0.4 is 5.73 Å². The molecule has 0 aromatic carbocycles. The van der Waals surface area contributed by atoms with E-state index in [1.54, 1.807) is 0 Å². The van der Waals surface area contributed by atoms with Gasteiger partial charge in [0.2, 0.25) is 0 Å². The van der Waals surface area contributed by atoms with Gasteiger partial charge < -0.3 is 10.5 Å². The molecule has 3 heteroatoms. The fraction of sp³-hybridized carbons (Fsp3) is 0.917. The fourth-order valence-corrected chi connectivity index (χ4v) is 1.55. The molecule has 0 fully saturated rings. The van der Waals surface area contributed by atoms with Crippen LogP contribution in [0.1, 0.15) is 47.5 Å². The molecule has 0 heterocycles. The second kappa shape index (κ2) is 6.11. The maximum atomic E-state index is 11.5. The normalized spacial score (nSPS) is 14.1. The van der Waals surface area contributed by atoms with E-state index < -0.39 is 5.60 Å². The molecular weight excluding hydrogens is 190 g/mol. The van der Waals surface area contributed by atoms with Crippen LogP contribution in [0, 0.1) is 11.8 Å². The summed E-state index contributed by atoms with van der Waals surface area (Å²) in [6.45, 7) is 10.5. The SMILES string of the molecule is CC(C)C[C@@H](CN)CC(=O)OC(C)(C)C. The lowest BCUT2D eigenvalue weighted by Gasteiger charge is -2.22. The van der Waals surface area contributed by atoms with Crippen molar-refractivity contribution in [2.45, 2.75) is 53.1 Å². The van der Waals surface area contributed by atoms with E-state index in [4.69, 9.17) is 10.5 Å². The summed E-state index contributed by atoms with van der Waals surface area (Å²) in [6, 6.07) is 0.